The van der Waals surface area contributed by atoms with E-state index >= 15 is 0 Å². The summed E-state index contributed by atoms with van der Waals surface area (Å²) in [5.74, 6) is 0. The molecule has 28 heavy (non-hydrogen) atoms. The molecule has 150 valence electrons. The third-order valence-electron chi connectivity index (χ3n) is 5.73. The van der Waals surface area contributed by atoms with Crippen LogP contribution in [0.2, 0.25) is 0 Å². The van der Waals surface area contributed by atoms with Crippen LogP contribution in [0.4, 0.5) is 0 Å². The van der Waals surface area contributed by atoms with Crippen LogP contribution in [0.1, 0.15) is 76.7 Å². The van der Waals surface area contributed by atoms with Crippen LogP contribution in [0.25, 0.3) is 11.0 Å². The molecule has 3 aromatic rings. The predicted octanol–water partition coefficient (Wildman–Crippen LogP) is 6.90. The second-order valence-electron chi connectivity index (χ2n) is 8.09. The molecule has 0 amide bonds. The van der Waals surface area contributed by atoms with Crippen molar-refractivity contribution < 1.29 is 4.57 Å². The van der Waals surface area contributed by atoms with Gasteiger partial charge in [0.25, 0.3) is 0 Å². The molecule has 1 aromatic heterocycles. The van der Waals surface area contributed by atoms with Crippen molar-refractivity contribution in [2.45, 2.75) is 84.2 Å². The third kappa shape index (κ3) is 6.22. The molecule has 3 rings (SSSR count). The van der Waals surface area contributed by atoms with Gasteiger partial charge in [-0.05, 0) is 30.5 Å². The highest BCUT2D eigenvalue weighted by molar-refractivity contribution is 5.71. The van der Waals surface area contributed by atoms with E-state index in [1.807, 2.05) is 0 Å². The number of aromatic nitrogens is 2. The Morgan fingerprint density at radius 1 is 0.679 bits per heavy atom. The minimum atomic E-state index is 0.937. The van der Waals surface area contributed by atoms with Gasteiger partial charge in [0.2, 0.25) is 6.33 Å². The van der Waals surface area contributed by atoms with Crippen LogP contribution >= 0.6 is 0 Å². The molecule has 0 aliphatic carbocycles. The minimum Gasteiger partial charge on any atom is -0.230 e. The minimum absolute atomic E-state index is 0.937. The van der Waals surface area contributed by atoms with E-state index in [-0.39, 0.29) is 0 Å². The van der Waals surface area contributed by atoms with Gasteiger partial charge in [0.15, 0.2) is 11.0 Å². The zero-order valence-electron chi connectivity index (χ0n) is 17.7. The van der Waals surface area contributed by atoms with Crippen molar-refractivity contribution in [3.05, 3.63) is 66.5 Å². The predicted molar refractivity (Wildman–Crippen MR) is 120 cm³/mol. The lowest BCUT2D eigenvalue weighted by atomic mass is 10.1. The van der Waals surface area contributed by atoms with Gasteiger partial charge in [-0.3, -0.25) is 0 Å². The Balaban J connectivity index is 1.46. The summed E-state index contributed by atoms with van der Waals surface area (Å²) < 4.78 is 4.84. The van der Waals surface area contributed by atoms with E-state index in [4.69, 9.17) is 0 Å². The second-order valence-corrected chi connectivity index (χ2v) is 8.09. The first-order valence-corrected chi connectivity index (χ1v) is 11.4. The van der Waals surface area contributed by atoms with Crippen LogP contribution in [0.3, 0.4) is 0 Å². The number of hydrogen-bond acceptors (Lipinski definition) is 0. The Labute approximate surface area is 171 Å². The summed E-state index contributed by atoms with van der Waals surface area (Å²) in [6, 6.07) is 19.6. The standard InChI is InChI=1S/C26H37N2/c1-2-3-4-5-6-7-8-9-10-16-21-27-23-28(22-24-17-12-11-13-18-24)26-20-15-14-19-25(26)27/h11-15,17-20,23H,2-10,16,21-22H2,1H3/q+1. The Hall–Kier alpha value is -2.09. The van der Waals surface area contributed by atoms with Crippen molar-refractivity contribution in [1.29, 1.82) is 0 Å². The zero-order chi connectivity index (χ0) is 19.4. The molecule has 0 unspecified atom stereocenters. The fourth-order valence-corrected chi connectivity index (χ4v) is 4.10. The van der Waals surface area contributed by atoms with Crippen LogP contribution in [-0.4, -0.2) is 4.57 Å². The average Bonchev–Trinajstić information content (AvgIpc) is 3.08. The van der Waals surface area contributed by atoms with E-state index in [1.54, 1.807) is 0 Å². The fraction of sp³-hybridized carbons (Fsp3) is 0.500. The largest absolute Gasteiger partial charge is 0.245 e. The number of fused-ring (bicyclic) bond motifs is 1. The zero-order valence-corrected chi connectivity index (χ0v) is 17.7. The molecule has 2 aromatic carbocycles. The second kappa shape index (κ2) is 11.7. The third-order valence-corrected chi connectivity index (χ3v) is 5.73. The number of para-hydroxylation sites is 2. The molecule has 0 fully saturated rings. The number of aryl methyl sites for hydroxylation is 1. The van der Waals surface area contributed by atoms with Crippen molar-refractivity contribution in [3.63, 3.8) is 0 Å². The molecule has 2 heteroatoms. The molecular weight excluding hydrogens is 340 g/mol. The van der Waals surface area contributed by atoms with E-state index in [2.05, 4.69) is 77.0 Å². The van der Waals surface area contributed by atoms with Gasteiger partial charge in [0, 0.05) is 0 Å². The van der Waals surface area contributed by atoms with Crippen molar-refractivity contribution in [3.8, 4) is 0 Å². The Kier molecular flexibility index (Phi) is 8.61. The normalized spacial score (nSPS) is 11.3. The van der Waals surface area contributed by atoms with Gasteiger partial charge < -0.3 is 0 Å². The molecule has 0 saturated heterocycles. The van der Waals surface area contributed by atoms with E-state index < -0.39 is 0 Å². The Bertz CT molecular complexity index is 804. The van der Waals surface area contributed by atoms with Crippen LogP contribution < -0.4 is 4.57 Å². The van der Waals surface area contributed by atoms with Crippen LogP contribution in [0, 0.1) is 0 Å². The summed E-state index contributed by atoms with van der Waals surface area (Å²) in [4.78, 5) is 0. The maximum atomic E-state index is 2.45. The number of hydrogen-bond donors (Lipinski definition) is 0. The first-order chi connectivity index (χ1) is 13.9. The molecular formula is C26H37N2+. The summed E-state index contributed by atoms with van der Waals surface area (Å²) in [5.41, 5.74) is 4.04. The smallest absolute Gasteiger partial charge is 0.230 e. The monoisotopic (exact) mass is 377 g/mol. The van der Waals surface area contributed by atoms with Gasteiger partial charge in [-0.25, -0.2) is 9.13 Å². The SMILES string of the molecule is CCCCCCCCCCCCn1c[n+](Cc2ccccc2)c2ccccc21. The highest BCUT2D eigenvalue weighted by atomic mass is 15.1. The Morgan fingerprint density at radius 2 is 1.29 bits per heavy atom. The molecule has 0 aliphatic rings. The highest BCUT2D eigenvalue weighted by Gasteiger charge is 2.14. The van der Waals surface area contributed by atoms with E-state index in [0.29, 0.717) is 0 Å². The lowest BCUT2D eigenvalue weighted by molar-refractivity contribution is -0.663. The molecule has 0 bridgehead atoms. The van der Waals surface area contributed by atoms with Gasteiger partial charge in [0.1, 0.15) is 6.54 Å². The summed E-state index contributed by atoms with van der Waals surface area (Å²) in [5, 5.41) is 0. The van der Waals surface area contributed by atoms with Gasteiger partial charge in [-0.15, -0.1) is 0 Å². The number of unbranched alkanes of at least 4 members (excludes halogenated alkanes) is 9. The fourth-order valence-electron chi connectivity index (χ4n) is 4.10. The van der Waals surface area contributed by atoms with Crippen molar-refractivity contribution in [2.75, 3.05) is 0 Å². The summed E-state index contributed by atoms with van der Waals surface area (Å²) in [6.45, 7) is 4.35. The van der Waals surface area contributed by atoms with Crippen LogP contribution in [-0.2, 0) is 13.1 Å². The van der Waals surface area contributed by atoms with Crippen LogP contribution in [0.15, 0.2) is 60.9 Å². The van der Waals surface area contributed by atoms with E-state index in [9.17, 15) is 0 Å². The molecule has 0 aliphatic heterocycles. The van der Waals surface area contributed by atoms with Gasteiger partial charge >= 0.3 is 0 Å². The van der Waals surface area contributed by atoms with E-state index in [1.165, 1.54) is 80.8 Å². The maximum Gasteiger partial charge on any atom is 0.245 e. The van der Waals surface area contributed by atoms with Crippen molar-refractivity contribution >= 4 is 11.0 Å². The summed E-state index contributed by atoms with van der Waals surface area (Å²) in [7, 11) is 0. The lowest BCUT2D eigenvalue weighted by Crippen LogP contribution is -2.32. The quantitative estimate of drug-likeness (QED) is 0.226. The highest BCUT2D eigenvalue weighted by Crippen LogP contribution is 2.15. The van der Waals surface area contributed by atoms with E-state index in [0.717, 1.165) is 13.1 Å². The molecule has 0 saturated carbocycles. The molecule has 0 spiro atoms. The summed E-state index contributed by atoms with van der Waals surface area (Å²) >= 11 is 0. The topological polar surface area (TPSA) is 8.81 Å². The Morgan fingerprint density at radius 3 is 2.00 bits per heavy atom. The van der Waals surface area contributed by atoms with Crippen molar-refractivity contribution in [2.24, 2.45) is 0 Å². The average molecular weight is 378 g/mol. The van der Waals surface area contributed by atoms with Gasteiger partial charge in [-0.2, -0.15) is 0 Å². The first-order valence-electron chi connectivity index (χ1n) is 11.4. The van der Waals surface area contributed by atoms with Gasteiger partial charge in [-0.1, -0.05) is 101 Å². The van der Waals surface area contributed by atoms with Gasteiger partial charge in [0.05, 0.1) is 6.54 Å². The first kappa shape index (κ1) is 20.6. The molecule has 1 heterocycles. The van der Waals surface area contributed by atoms with Crippen LogP contribution in [0.5, 0.6) is 0 Å². The molecule has 2 nitrogen and oxygen atoms in total. The molecule has 0 atom stereocenters. The lowest BCUT2D eigenvalue weighted by Gasteiger charge is -2.02. The maximum absolute atomic E-state index is 2.45. The molecule has 0 radical (unpaired) electrons. The summed E-state index contributed by atoms with van der Waals surface area (Å²) in [6.07, 6.45) is 16.2. The van der Waals surface area contributed by atoms with Crippen molar-refractivity contribution in [1.82, 2.24) is 4.57 Å². The number of benzene rings is 2. The molecule has 0 N–H and O–H groups in total. The number of nitrogens with zero attached hydrogens (tertiary/aromatic N) is 2. The number of rotatable bonds is 13. The number of imidazole rings is 1.